The number of anilines is 1. The van der Waals surface area contributed by atoms with Gasteiger partial charge in [0, 0.05) is 5.69 Å². The van der Waals surface area contributed by atoms with Crippen LogP contribution in [0.1, 0.15) is 32.8 Å². The number of aromatic nitrogens is 3. The summed E-state index contributed by atoms with van der Waals surface area (Å²) in [5.41, 5.74) is 1.92. The summed E-state index contributed by atoms with van der Waals surface area (Å²) in [6.45, 7) is 5.28. The van der Waals surface area contributed by atoms with Crippen molar-refractivity contribution in [1.29, 1.82) is 0 Å². The molecular weight excluding hydrogens is 452 g/mol. The SMILES string of the molecule is COc1ccccc1-c1nc(S[C@H]2CCc3ccccc3N(CC(=O)OC(C)(C)C)C2=O)n[nH]1. The third kappa shape index (κ3) is 5.41. The average molecular weight is 481 g/mol. The van der Waals surface area contributed by atoms with Crippen LogP contribution in [0.3, 0.4) is 0 Å². The van der Waals surface area contributed by atoms with Gasteiger partial charge in [0.25, 0.3) is 0 Å². The van der Waals surface area contributed by atoms with E-state index in [4.69, 9.17) is 9.47 Å². The Bertz CT molecular complexity index is 1190. The zero-order valence-electron chi connectivity index (χ0n) is 19.7. The van der Waals surface area contributed by atoms with Crippen LogP contribution in [0.5, 0.6) is 5.75 Å². The third-order valence-corrected chi connectivity index (χ3v) is 6.40. The fraction of sp³-hybridized carbons (Fsp3) is 0.360. The largest absolute Gasteiger partial charge is 0.496 e. The highest BCUT2D eigenvalue weighted by Gasteiger charge is 2.34. The Morgan fingerprint density at radius 1 is 1.18 bits per heavy atom. The van der Waals surface area contributed by atoms with E-state index in [1.807, 2.05) is 69.3 Å². The van der Waals surface area contributed by atoms with Gasteiger partial charge >= 0.3 is 5.97 Å². The topological polar surface area (TPSA) is 97.4 Å². The van der Waals surface area contributed by atoms with E-state index in [0.717, 1.165) is 16.8 Å². The van der Waals surface area contributed by atoms with Crippen molar-refractivity contribution in [2.45, 2.75) is 49.6 Å². The number of benzene rings is 2. The van der Waals surface area contributed by atoms with Crippen molar-refractivity contribution in [2.24, 2.45) is 0 Å². The molecule has 0 aliphatic carbocycles. The summed E-state index contributed by atoms with van der Waals surface area (Å²) in [6.07, 6.45) is 1.30. The van der Waals surface area contributed by atoms with Gasteiger partial charge in [-0.1, -0.05) is 42.1 Å². The number of amides is 1. The van der Waals surface area contributed by atoms with Crippen molar-refractivity contribution in [3.63, 3.8) is 0 Å². The second-order valence-corrected chi connectivity index (χ2v) is 10.1. The molecule has 0 spiro atoms. The van der Waals surface area contributed by atoms with Gasteiger partial charge in [-0.2, -0.15) is 0 Å². The monoisotopic (exact) mass is 480 g/mol. The van der Waals surface area contributed by atoms with Crippen molar-refractivity contribution in [1.82, 2.24) is 15.2 Å². The first-order chi connectivity index (χ1) is 16.2. The molecule has 1 atom stereocenters. The zero-order chi connectivity index (χ0) is 24.3. The van der Waals surface area contributed by atoms with Crippen LogP contribution in [-0.2, 0) is 20.7 Å². The van der Waals surface area contributed by atoms with Crippen LogP contribution in [0.2, 0.25) is 0 Å². The standard InChI is InChI=1S/C25H28N4O4S/c1-25(2,3)33-21(30)15-29-18-11-7-5-9-16(18)13-14-20(23(29)31)34-24-26-22(27-28-24)17-10-6-8-12-19(17)32-4/h5-12,20H,13-15H2,1-4H3,(H,26,27,28)/t20-/m0/s1. The van der Waals surface area contributed by atoms with Gasteiger partial charge in [-0.05, 0) is 57.4 Å². The molecule has 4 rings (SSSR count). The Labute approximate surface area is 203 Å². The minimum absolute atomic E-state index is 0.148. The highest BCUT2D eigenvalue weighted by atomic mass is 32.2. The highest BCUT2D eigenvalue weighted by molar-refractivity contribution is 8.00. The van der Waals surface area contributed by atoms with Crippen LogP contribution in [-0.4, -0.2) is 51.6 Å². The maximum atomic E-state index is 13.6. The zero-order valence-corrected chi connectivity index (χ0v) is 20.5. The Balaban J connectivity index is 1.57. The highest BCUT2D eigenvalue weighted by Crippen LogP contribution is 2.35. The number of esters is 1. The molecule has 1 aliphatic heterocycles. The molecular formula is C25H28N4O4S. The van der Waals surface area contributed by atoms with E-state index in [-0.39, 0.29) is 12.5 Å². The Kier molecular flexibility index (Phi) is 6.92. The minimum Gasteiger partial charge on any atom is -0.496 e. The number of carbonyl (C=O) groups is 2. The first-order valence-corrected chi connectivity index (χ1v) is 12.0. The molecule has 0 saturated heterocycles. The van der Waals surface area contributed by atoms with Gasteiger partial charge in [-0.15, -0.1) is 5.10 Å². The maximum absolute atomic E-state index is 13.6. The summed E-state index contributed by atoms with van der Waals surface area (Å²) in [4.78, 5) is 32.3. The summed E-state index contributed by atoms with van der Waals surface area (Å²) >= 11 is 1.29. The maximum Gasteiger partial charge on any atom is 0.326 e. The molecule has 1 aliphatic rings. The number of ether oxygens (including phenoxy) is 2. The predicted molar refractivity (Wildman–Crippen MR) is 131 cm³/mol. The number of carbonyl (C=O) groups excluding carboxylic acids is 2. The predicted octanol–water partition coefficient (Wildman–Crippen LogP) is 4.26. The van der Waals surface area contributed by atoms with Crippen molar-refractivity contribution in [3.8, 4) is 17.1 Å². The molecule has 2 aromatic carbocycles. The van der Waals surface area contributed by atoms with Gasteiger partial charge in [-0.3, -0.25) is 19.6 Å². The lowest BCUT2D eigenvalue weighted by molar-refractivity contribution is -0.153. The molecule has 34 heavy (non-hydrogen) atoms. The number of nitrogens with one attached hydrogen (secondary N) is 1. The van der Waals surface area contributed by atoms with Gasteiger partial charge in [0.05, 0.1) is 17.9 Å². The summed E-state index contributed by atoms with van der Waals surface area (Å²) < 4.78 is 10.9. The van der Waals surface area contributed by atoms with E-state index in [2.05, 4.69) is 15.2 Å². The van der Waals surface area contributed by atoms with Crippen LogP contribution in [0, 0.1) is 0 Å². The Morgan fingerprint density at radius 2 is 1.91 bits per heavy atom. The molecule has 1 amide bonds. The minimum atomic E-state index is -0.631. The van der Waals surface area contributed by atoms with E-state index in [1.54, 1.807) is 7.11 Å². The first kappa shape index (κ1) is 23.8. The normalized spacial score (nSPS) is 16.1. The van der Waals surface area contributed by atoms with Crippen molar-refractivity contribution >= 4 is 29.3 Å². The molecule has 2 heterocycles. The third-order valence-electron chi connectivity index (χ3n) is 5.28. The number of aromatic amines is 1. The molecule has 3 aromatic rings. The van der Waals surface area contributed by atoms with Crippen molar-refractivity contribution < 1.29 is 19.1 Å². The van der Waals surface area contributed by atoms with Crippen molar-refractivity contribution in [2.75, 3.05) is 18.6 Å². The number of thioether (sulfide) groups is 1. The molecule has 9 heteroatoms. The number of aryl methyl sites for hydroxylation is 1. The number of para-hydroxylation sites is 2. The van der Waals surface area contributed by atoms with Gasteiger partial charge in [0.15, 0.2) is 5.82 Å². The van der Waals surface area contributed by atoms with Gasteiger partial charge in [-0.25, -0.2) is 4.98 Å². The molecule has 8 nitrogen and oxygen atoms in total. The van der Waals surface area contributed by atoms with Crippen LogP contribution < -0.4 is 9.64 Å². The molecule has 178 valence electrons. The summed E-state index contributed by atoms with van der Waals surface area (Å²) in [5.74, 6) is 0.636. The molecule has 0 saturated carbocycles. The van der Waals surface area contributed by atoms with E-state index in [9.17, 15) is 9.59 Å². The molecule has 0 radical (unpaired) electrons. The fourth-order valence-corrected chi connectivity index (χ4v) is 4.81. The number of hydrogen-bond acceptors (Lipinski definition) is 7. The van der Waals surface area contributed by atoms with Crippen LogP contribution in [0.25, 0.3) is 11.4 Å². The smallest absolute Gasteiger partial charge is 0.326 e. The number of fused-ring (bicyclic) bond motifs is 1. The number of nitrogens with zero attached hydrogens (tertiary/aromatic N) is 3. The van der Waals surface area contributed by atoms with Crippen molar-refractivity contribution in [3.05, 3.63) is 54.1 Å². The lowest BCUT2D eigenvalue weighted by Gasteiger charge is -2.26. The van der Waals surface area contributed by atoms with Gasteiger partial charge in [0.1, 0.15) is 17.9 Å². The summed E-state index contributed by atoms with van der Waals surface area (Å²) in [7, 11) is 1.60. The van der Waals surface area contributed by atoms with Gasteiger partial charge < -0.3 is 9.47 Å². The number of methoxy groups -OCH3 is 1. The summed E-state index contributed by atoms with van der Waals surface area (Å²) in [6, 6.07) is 15.2. The number of hydrogen-bond donors (Lipinski definition) is 1. The lowest BCUT2D eigenvalue weighted by Crippen LogP contribution is -2.42. The average Bonchev–Trinajstić information content (AvgIpc) is 3.22. The van der Waals surface area contributed by atoms with Crippen LogP contribution >= 0.6 is 11.8 Å². The fourth-order valence-electron chi connectivity index (χ4n) is 3.85. The van der Waals surface area contributed by atoms with Gasteiger partial charge in [0.2, 0.25) is 11.1 Å². The quantitative estimate of drug-likeness (QED) is 0.527. The Hall–Kier alpha value is -3.33. The van der Waals surface area contributed by atoms with E-state index in [1.165, 1.54) is 16.7 Å². The molecule has 1 N–H and O–H groups in total. The van der Waals surface area contributed by atoms with E-state index in [0.29, 0.717) is 29.6 Å². The molecule has 0 unspecified atom stereocenters. The van der Waals surface area contributed by atoms with E-state index >= 15 is 0 Å². The molecule has 0 bridgehead atoms. The second-order valence-electron chi connectivity index (χ2n) is 8.95. The molecule has 1 aromatic heterocycles. The van der Waals surface area contributed by atoms with E-state index < -0.39 is 16.8 Å². The van der Waals surface area contributed by atoms with Crippen LogP contribution in [0.4, 0.5) is 5.69 Å². The summed E-state index contributed by atoms with van der Waals surface area (Å²) in [5, 5.41) is 7.27. The number of rotatable bonds is 6. The Morgan fingerprint density at radius 3 is 2.68 bits per heavy atom. The molecule has 0 fully saturated rings. The lowest BCUT2D eigenvalue weighted by atomic mass is 10.1. The van der Waals surface area contributed by atoms with Crippen LogP contribution in [0.15, 0.2) is 53.7 Å². The first-order valence-electron chi connectivity index (χ1n) is 11.1. The number of H-pyrrole nitrogens is 1. The second kappa shape index (κ2) is 9.89.